The number of nitrogens with one attached hydrogen (secondary N) is 1. The molecule has 0 radical (unpaired) electrons. The van der Waals surface area contributed by atoms with Crippen molar-refractivity contribution in [3.8, 4) is 5.88 Å². The van der Waals surface area contributed by atoms with Gasteiger partial charge in [0.2, 0.25) is 15.9 Å². The van der Waals surface area contributed by atoms with Crippen molar-refractivity contribution in [3.05, 3.63) is 83.3 Å². The molecule has 36 heavy (non-hydrogen) atoms. The molecule has 0 fully saturated rings. The van der Waals surface area contributed by atoms with Crippen LogP contribution in [-0.2, 0) is 22.9 Å². The van der Waals surface area contributed by atoms with E-state index < -0.39 is 21.7 Å². The van der Waals surface area contributed by atoms with Gasteiger partial charge in [-0.1, -0.05) is 25.1 Å². The Balaban J connectivity index is 1.57. The summed E-state index contributed by atoms with van der Waals surface area (Å²) in [5, 5.41) is 0. The van der Waals surface area contributed by atoms with Gasteiger partial charge in [0.15, 0.2) is 0 Å². The molecule has 1 aliphatic rings. The van der Waals surface area contributed by atoms with Gasteiger partial charge in [0.05, 0.1) is 16.5 Å². The normalized spacial score (nSPS) is 16.6. The van der Waals surface area contributed by atoms with E-state index in [4.69, 9.17) is 4.74 Å². The summed E-state index contributed by atoms with van der Waals surface area (Å²) in [5.74, 6) is 0.121. The van der Waals surface area contributed by atoms with Crippen LogP contribution in [-0.4, -0.2) is 48.4 Å². The van der Waals surface area contributed by atoms with Gasteiger partial charge < -0.3 is 9.64 Å². The number of pyridine rings is 2. The smallest absolute Gasteiger partial charge is 0.255 e. The fourth-order valence-corrected chi connectivity index (χ4v) is 5.46. The predicted molar refractivity (Wildman–Crippen MR) is 137 cm³/mol. The van der Waals surface area contributed by atoms with Crippen molar-refractivity contribution >= 4 is 15.9 Å². The van der Waals surface area contributed by atoms with Crippen molar-refractivity contribution < 1.29 is 17.9 Å². The van der Waals surface area contributed by atoms with Crippen LogP contribution in [0.1, 0.15) is 60.4 Å². The minimum absolute atomic E-state index is 0.194. The Morgan fingerprint density at radius 1 is 1.17 bits per heavy atom. The summed E-state index contributed by atoms with van der Waals surface area (Å²) >= 11 is 0. The molecule has 0 spiro atoms. The van der Waals surface area contributed by atoms with Gasteiger partial charge in [0.1, 0.15) is 5.60 Å². The molecule has 2 aromatic heterocycles. The number of sulfonamides is 1. The highest BCUT2D eigenvalue weighted by Crippen LogP contribution is 2.39. The second-order valence-electron chi connectivity index (χ2n) is 9.65. The van der Waals surface area contributed by atoms with E-state index in [0.29, 0.717) is 36.4 Å². The molecule has 0 saturated carbocycles. The third kappa shape index (κ3) is 5.91. The molecule has 8 nitrogen and oxygen atoms in total. The van der Waals surface area contributed by atoms with Gasteiger partial charge in [-0.25, -0.2) is 18.1 Å². The Bertz CT molecular complexity index is 1330. The summed E-state index contributed by atoms with van der Waals surface area (Å²) in [7, 11) is -2.08. The first kappa shape index (κ1) is 25.8. The lowest BCUT2D eigenvalue weighted by molar-refractivity contribution is 0.0638. The van der Waals surface area contributed by atoms with Gasteiger partial charge in [-0.15, -0.1) is 0 Å². The molecule has 4 rings (SSSR count). The van der Waals surface area contributed by atoms with Crippen molar-refractivity contribution in [2.75, 3.05) is 13.6 Å². The van der Waals surface area contributed by atoms with Crippen LogP contribution in [0.25, 0.3) is 0 Å². The van der Waals surface area contributed by atoms with Gasteiger partial charge in [0.25, 0.3) is 5.91 Å². The SMILES string of the molecule is CCc1ccc(S(=O)(=O)N[C@H]2CC(C)(C)Oc3ncc(C(=O)N(C)CCc4ccccn4)cc32)cc1. The minimum Gasteiger partial charge on any atom is -0.471 e. The molecule has 1 atom stereocenters. The average Bonchev–Trinajstić information content (AvgIpc) is 2.86. The molecule has 1 aromatic carbocycles. The summed E-state index contributed by atoms with van der Waals surface area (Å²) in [6, 6.07) is 13.6. The van der Waals surface area contributed by atoms with Crippen molar-refractivity contribution in [2.24, 2.45) is 0 Å². The number of hydrogen-bond donors (Lipinski definition) is 1. The number of carbonyl (C=O) groups is 1. The first-order valence-corrected chi connectivity index (χ1v) is 13.5. The molecule has 3 heterocycles. The van der Waals surface area contributed by atoms with Crippen LogP contribution < -0.4 is 9.46 Å². The van der Waals surface area contributed by atoms with Gasteiger partial charge in [-0.2, -0.15) is 0 Å². The van der Waals surface area contributed by atoms with Crippen molar-refractivity contribution in [3.63, 3.8) is 0 Å². The molecule has 1 amide bonds. The van der Waals surface area contributed by atoms with E-state index in [2.05, 4.69) is 14.7 Å². The number of fused-ring (bicyclic) bond motifs is 1. The maximum absolute atomic E-state index is 13.2. The quantitative estimate of drug-likeness (QED) is 0.495. The lowest BCUT2D eigenvalue weighted by Crippen LogP contribution is -2.42. The molecule has 0 bridgehead atoms. The van der Waals surface area contributed by atoms with E-state index in [1.165, 1.54) is 6.20 Å². The molecular weight excluding hydrogens is 476 g/mol. The summed E-state index contributed by atoms with van der Waals surface area (Å²) in [6.07, 6.45) is 5.05. The number of rotatable bonds is 8. The third-order valence-electron chi connectivity index (χ3n) is 6.29. The zero-order chi connectivity index (χ0) is 25.9. The fraction of sp³-hybridized carbons (Fsp3) is 0.370. The number of likely N-dealkylation sites (N-methyl/N-ethyl adjacent to an activating group) is 1. The summed E-state index contributed by atoms with van der Waals surface area (Å²) in [6.45, 7) is 6.28. The van der Waals surface area contributed by atoms with Crippen LogP contribution >= 0.6 is 0 Å². The number of nitrogens with zero attached hydrogens (tertiary/aromatic N) is 3. The molecule has 1 aliphatic heterocycles. The van der Waals surface area contributed by atoms with Gasteiger partial charge in [-0.3, -0.25) is 9.78 Å². The summed E-state index contributed by atoms with van der Waals surface area (Å²) in [4.78, 5) is 23.6. The Kier molecular flexibility index (Phi) is 7.42. The molecule has 9 heteroatoms. The van der Waals surface area contributed by atoms with E-state index >= 15 is 0 Å². The minimum atomic E-state index is -3.80. The number of aromatic nitrogens is 2. The van der Waals surface area contributed by atoms with Crippen LogP contribution in [0.4, 0.5) is 0 Å². The number of carbonyl (C=O) groups excluding carboxylic acids is 1. The summed E-state index contributed by atoms with van der Waals surface area (Å²) in [5.41, 5.74) is 2.25. The van der Waals surface area contributed by atoms with Crippen LogP contribution in [0, 0.1) is 0 Å². The van der Waals surface area contributed by atoms with Crippen LogP contribution in [0.3, 0.4) is 0 Å². The van der Waals surface area contributed by atoms with Gasteiger partial charge >= 0.3 is 0 Å². The van der Waals surface area contributed by atoms with Gasteiger partial charge in [0, 0.05) is 50.1 Å². The Labute approximate surface area is 212 Å². The molecule has 0 aliphatic carbocycles. The standard InChI is InChI=1S/C27H32N4O4S/c1-5-19-9-11-22(12-10-19)36(33,34)30-24-17-27(2,3)35-25-23(24)16-20(18-29-25)26(32)31(4)15-13-21-8-6-7-14-28-21/h6-12,14,16,18,24,30H,5,13,15,17H2,1-4H3/t24-/m0/s1. The number of hydrogen-bond acceptors (Lipinski definition) is 6. The van der Waals surface area contributed by atoms with E-state index in [9.17, 15) is 13.2 Å². The second-order valence-corrected chi connectivity index (χ2v) is 11.4. The van der Waals surface area contributed by atoms with E-state index in [0.717, 1.165) is 17.7 Å². The van der Waals surface area contributed by atoms with Crippen LogP contribution in [0.15, 0.2) is 65.8 Å². The lowest BCUT2D eigenvalue weighted by atomic mass is 9.91. The number of benzene rings is 1. The second kappa shape index (κ2) is 10.4. The highest BCUT2D eigenvalue weighted by atomic mass is 32.2. The van der Waals surface area contributed by atoms with Crippen molar-refractivity contribution in [1.29, 1.82) is 0 Å². The average molecular weight is 509 g/mol. The number of amides is 1. The van der Waals surface area contributed by atoms with Crippen LogP contribution in [0.5, 0.6) is 5.88 Å². The number of aryl methyl sites for hydroxylation is 1. The fourth-order valence-electron chi connectivity index (χ4n) is 4.24. The zero-order valence-electron chi connectivity index (χ0n) is 21.1. The zero-order valence-corrected chi connectivity index (χ0v) is 21.9. The first-order chi connectivity index (χ1) is 17.1. The van der Waals surface area contributed by atoms with Crippen molar-refractivity contribution in [2.45, 2.75) is 56.6 Å². The lowest BCUT2D eigenvalue weighted by Gasteiger charge is -2.37. The predicted octanol–water partition coefficient (Wildman–Crippen LogP) is 3.93. The molecule has 0 unspecified atom stereocenters. The topological polar surface area (TPSA) is 101 Å². The van der Waals surface area contributed by atoms with Crippen molar-refractivity contribution in [1.82, 2.24) is 19.6 Å². The Morgan fingerprint density at radius 2 is 1.92 bits per heavy atom. The molecular formula is C27H32N4O4S. The summed E-state index contributed by atoms with van der Waals surface area (Å²) < 4.78 is 35.3. The maximum Gasteiger partial charge on any atom is 0.255 e. The van der Waals surface area contributed by atoms with E-state index in [1.807, 2.05) is 51.1 Å². The number of ether oxygens (including phenoxy) is 1. The highest BCUT2D eigenvalue weighted by Gasteiger charge is 2.37. The third-order valence-corrected chi connectivity index (χ3v) is 7.77. The molecule has 1 N–H and O–H groups in total. The highest BCUT2D eigenvalue weighted by molar-refractivity contribution is 7.89. The molecule has 3 aromatic rings. The first-order valence-electron chi connectivity index (χ1n) is 12.0. The largest absolute Gasteiger partial charge is 0.471 e. The van der Waals surface area contributed by atoms with Crippen LogP contribution in [0.2, 0.25) is 0 Å². The maximum atomic E-state index is 13.2. The van der Waals surface area contributed by atoms with E-state index in [1.54, 1.807) is 36.3 Å². The monoisotopic (exact) mass is 508 g/mol. The molecule has 0 saturated heterocycles. The van der Waals surface area contributed by atoms with E-state index in [-0.39, 0.29) is 10.8 Å². The molecule has 190 valence electrons. The Morgan fingerprint density at radius 3 is 2.58 bits per heavy atom. The van der Waals surface area contributed by atoms with Gasteiger partial charge in [-0.05, 0) is 56.2 Å². The Hall–Kier alpha value is -3.30.